The number of nitrogens with zero attached hydrogens (tertiary/aromatic N) is 3. The molecule has 10 heteroatoms. The Morgan fingerprint density at radius 1 is 1.14 bits per heavy atom. The lowest BCUT2D eigenvalue weighted by atomic mass is 10.1. The summed E-state index contributed by atoms with van der Waals surface area (Å²) in [6, 6.07) is 3.73. The number of hydrogen-bond acceptors (Lipinski definition) is 6. The molecular formula is C18H19N5O5. The number of benzene rings is 1. The molecule has 0 bridgehead atoms. The number of fused-ring (bicyclic) bond motifs is 2. The number of nitrogens with one attached hydrogen (secondary N) is 2. The number of H-pyrrole nitrogens is 1. The number of amides is 1. The van der Waals surface area contributed by atoms with Crippen molar-refractivity contribution in [2.75, 3.05) is 6.54 Å². The third-order valence-electron chi connectivity index (χ3n) is 4.45. The Morgan fingerprint density at radius 2 is 1.86 bits per heavy atom. The van der Waals surface area contributed by atoms with Crippen LogP contribution < -0.4 is 16.6 Å². The Kier molecular flexibility index (Phi) is 5.21. The van der Waals surface area contributed by atoms with Gasteiger partial charge in [-0.3, -0.25) is 19.4 Å². The number of carbonyl (C=O) groups is 2. The molecular weight excluding hydrogens is 366 g/mol. The smallest absolute Gasteiger partial charge is 0.349 e. The molecule has 1 aromatic carbocycles. The van der Waals surface area contributed by atoms with Crippen LogP contribution in [0.1, 0.15) is 24.0 Å². The molecule has 0 aromatic heterocycles. The van der Waals surface area contributed by atoms with Gasteiger partial charge in [0.25, 0.3) is 5.56 Å². The highest BCUT2D eigenvalue weighted by Crippen LogP contribution is 2.23. The topological polar surface area (TPSA) is 147 Å². The molecule has 3 N–H and O–H groups in total. The highest BCUT2D eigenvalue weighted by molar-refractivity contribution is 5.82. The van der Waals surface area contributed by atoms with Gasteiger partial charge in [0.15, 0.2) is 11.5 Å². The number of rotatable bonds is 6. The molecule has 2 aliphatic heterocycles. The Balaban J connectivity index is 2.01. The van der Waals surface area contributed by atoms with E-state index in [0.29, 0.717) is 11.0 Å². The maximum atomic E-state index is 12.2. The van der Waals surface area contributed by atoms with Crippen LogP contribution in [-0.2, 0) is 16.1 Å². The lowest BCUT2D eigenvalue weighted by Gasteiger charge is -2.18. The fourth-order valence-corrected chi connectivity index (χ4v) is 2.89. The van der Waals surface area contributed by atoms with E-state index in [-0.39, 0.29) is 37.4 Å². The summed E-state index contributed by atoms with van der Waals surface area (Å²) in [5, 5.41) is 11.3. The normalized spacial score (nSPS) is 11.1. The third kappa shape index (κ3) is 3.90. The minimum Gasteiger partial charge on any atom is -0.481 e. The van der Waals surface area contributed by atoms with Gasteiger partial charge in [-0.25, -0.2) is 9.78 Å². The molecule has 3 rings (SSSR count). The second-order valence-electron chi connectivity index (χ2n) is 6.48. The number of aryl methyl sites for hydroxylation is 2. The number of aromatic amines is 1. The van der Waals surface area contributed by atoms with E-state index in [0.717, 1.165) is 11.1 Å². The molecule has 146 valence electrons. The highest BCUT2D eigenvalue weighted by Gasteiger charge is 2.19. The fraction of sp³-hybridized carbons (Fsp3) is 0.333. The Hall–Kier alpha value is -3.56. The van der Waals surface area contributed by atoms with Crippen LogP contribution in [0.2, 0.25) is 0 Å². The quantitative estimate of drug-likeness (QED) is 0.513. The maximum absolute atomic E-state index is 12.2. The van der Waals surface area contributed by atoms with Gasteiger partial charge in [0.2, 0.25) is 5.91 Å². The molecule has 0 aliphatic carbocycles. The average molecular weight is 385 g/mol. The van der Waals surface area contributed by atoms with Gasteiger partial charge in [-0.15, -0.1) is 0 Å². The Bertz CT molecular complexity index is 1160. The second kappa shape index (κ2) is 7.59. The van der Waals surface area contributed by atoms with E-state index in [2.05, 4.69) is 20.3 Å². The highest BCUT2D eigenvalue weighted by atomic mass is 16.4. The lowest BCUT2D eigenvalue weighted by molar-refractivity contribution is -0.138. The minimum absolute atomic E-state index is 0.0348. The van der Waals surface area contributed by atoms with E-state index in [9.17, 15) is 19.2 Å². The van der Waals surface area contributed by atoms with Crippen molar-refractivity contribution in [1.29, 1.82) is 0 Å². The van der Waals surface area contributed by atoms with Crippen molar-refractivity contribution in [3.05, 3.63) is 44.1 Å². The van der Waals surface area contributed by atoms with Gasteiger partial charge >= 0.3 is 11.7 Å². The van der Waals surface area contributed by atoms with Crippen molar-refractivity contribution in [2.45, 2.75) is 33.2 Å². The third-order valence-corrected chi connectivity index (χ3v) is 4.45. The first-order valence-electron chi connectivity index (χ1n) is 8.66. The molecule has 0 saturated heterocycles. The van der Waals surface area contributed by atoms with E-state index in [1.54, 1.807) is 4.57 Å². The molecule has 0 unspecified atom stereocenters. The van der Waals surface area contributed by atoms with E-state index < -0.39 is 23.1 Å². The SMILES string of the molecule is Cc1cc2nc3c(=O)[nH]c(=O)nc-3n(CCNC(=O)CCC(=O)O)c2cc1C. The zero-order valence-electron chi connectivity index (χ0n) is 15.4. The zero-order chi connectivity index (χ0) is 20.4. The van der Waals surface area contributed by atoms with Crippen LogP contribution in [0, 0.1) is 13.8 Å². The van der Waals surface area contributed by atoms with E-state index in [1.165, 1.54) is 0 Å². The van der Waals surface area contributed by atoms with Crippen LogP contribution in [0.5, 0.6) is 0 Å². The van der Waals surface area contributed by atoms with E-state index in [1.807, 2.05) is 26.0 Å². The summed E-state index contributed by atoms with van der Waals surface area (Å²) < 4.78 is 1.66. The van der Waals surface area contributed by atoms with Crippen molar-refractivity contribution in [2.24, 2.45) is 0 Å². The number of carboxylic acid groups (broad SMARTS) is 1. The van der Waals surface area contributed by atoms with Gasteiger partial charge in [-0.1, -0.05) is 0 Å². The Morgan fingerprint density at radius 3 is 2.57 bits per heavy atom. The second-order valence-corrected chi connectivity index (χ2v) is 6.48. The number of hydrogen-bond donors (Lipinski definition) is 3. The standard InChI is InChI=1S/C18H19N5O5/c1-9-7-11-12(8-10(9)2)23(6-5-19-13(24)3-4-14(25)26)16-15(20-11)17(27)22-18(28)21-16/h7-8H,3-6H2,1-2H3,(H,19,24)(H,25,26)(H,22,27,28). The summed E-state index contributed by atoms with van der Waals surface area (Å²) >= 11 is 0. The fourth-order valence-electron chi connectivity index (χ4n) is 2.89. The van der Waals surface area contributed by atoms with E-state index >= 15 is 0 Å². The van der Waals surface area contributed by atoms with Crippen molar-refractivity contribution in [3.63, 3.8) is 0 Å². The maximum Gasteiger partial charge on any atom is 0.349 e. The molecule has 1 amide bonds. The van der Waals surface area contributed by atoms with Crippen molar-refractivity contribution >= 4 is 22.9 Å². The summed E-state index contributed by atoms with van der Waals surface area (Å²) in [5.41, 5.74) is 1.87. The first kappa shape index (κ1) is 19.2. The van der Waals surface area contributed by atoms with Gasteiger partial charge < -0.3 is 15.0 Å². The van der Waals surface area contributed by atoms with Crippen LogP contribution in [0.15, 0.2) is 21.7 Å². The first-order valence-corrected chi connectivity index (χ1v) is 8.66. The van der Waals surface area contributed by atoms with Crippen LogP contribution in [-0.4, -0.2) is 43.0 Å². The summed E-state index contributed by atoms with van der Waals surface area (Å²) in [6.45, 7) is 4.26. The molecule has 0 radical (unpaired) electrons. The molecule has 0 atom stereocenters. The van der Waals surface area contributed by atoms with Crippen molar-refractivity contribution in [1.82, 2.24) is 24.8 Å². The van der Waals surface area contributed by atoms with Crippen molar-refractivity contribution < 1.29 is 14.7 Å². The summed E-state index contributed by atoms with van der Waals surface area (Å²) in [7, 11) is 0. The zero-order valence-corrected chi connectivity index (χ0v) is 15.4. The van der Waals surface area contributed by atoms with Gasteiger partial charge in [0.1, 0.15) is 0 Å². The molecule has 28 heavy (non-hydrogen) atoms. The minimum atomic E-state index is -1.05. The number of aliphatic carboxylic acids is 1. The molecule has 10 nitrogen and oxygen atoms in total. The largest absolute Gasteiger partial charge is 0.481 e. The molecule has 1 aromatic rings. The summed E-state index contributed by atoms with van der Waals surface area (Å²) in [4.78, 5) is 56.6. The number of carboxylic acids is 1. The van der Waals surface area contributed by atoms with Gasteiger partial charge in [-0.05, 0) is 37.1 Å². The number of aromatic nitrogens is 4. The summed E-state index contributed by atoms with van der Waals surface area (Å²) in [6.07, 6.45) is -0.381. The Labute approximate surface area is 158 Å². The van der Waals surface area contributed by atoms with Gasteiger partial charge in [-0.2, -0.15) is 4.98 Å². The molecule has 0 saturated carbocycles. The van der Waals surface area contributed by atoms with Gasteiger partial charge in [0, 0.05) is 19.5 Å². The monoisotopic (exact) mass is 385 g/mol. The predicted molar refractivity (Wildman–Crippen MR) is 100 cm³/mol. The number of carbonyl (C=O) groups excluding carboxylic acids is 1. The first-order chi connectivity index (χ1) is 13.3. The van der Waals surface area contributed by atoms with Crippen LogP contribution >= 0.6 is 0 Å². The lowest BCUT2D eigenvalue weighted by Crippen LogP contribution is -2.32. The molecule has 0 spiro atoms. The molecule has 2 aliphatic rings. The molecule has 2 heterocycles. The van der Waals surface area contributed by atoms with Crippen LogP contribution in [0.3, 0.4) is 0 Å². The van der Waals surface area contributed by atoms with Crippen LogP contribution in [0.4, 0.5) is 0 Å². The molecule has 0 fully saturated rings. The van der Waals surface area contributed by atoms with Crippen molar-refractivity contribution in [3.8, 4) is 11.5 Å². The average Bonchev–Trinajstić information content (AvgIpc) is 2.61. The van der Waals surface area contributed by atoms with E-state index in [4.69, 9.17) is 5.11 Å². The summed E-state index contributed by atoms with van der Waals surface area (Å²) in [5.74, 6) is -1.31. The van der Waals surface area contributed by atoms with Crippen LogP contribution in [0.25, 0.3) is 22.6 Å². The van der Waals surface area contributed by atoms with Gasteiger partial charge in [0.05, 0.1) is 17.5 Å². The predicted octanol–water partition coefficient (Wildman–Crippen LogP) is 0.182.